The van der Waals surface area contributed by atoms with E-state index >= 15 is 0 Å². The molecule has 1 unspecified atom stereocenters. The summed E-state index contributed by atoms with van der Waals surface area (Å²) in [6, 6.07) is 5.65. The minimum absolute atomic E-state index is 0.0407. The third-order valence-electron chi connectivity index (χ3n) is 2.22. The van der Waals surface area contributed by atoms with Gasteiger partial charge < -0.3 is 9.53 Å². The number of carbonyl (C=O) groups excluding carboxylic acids is 1. The molecule has 0 aromatic heterocycles. The molecule has 0 saturated carbocycles. The first-order valence-electron chi connectivity index (χ1n) is 4.63. The van der Waals surface area contributed by atoms with Gasteiger partial charge in [-0.3, -0.25) is 0 Å². The Hall–Kier alpha value is -1.52. The zero-order valence-electron chi connectivity index (χ0n) is 8.62. The van der Waals surface area contributed by atoms with Gasteiger partial charge in [-0.25, -0.2) is 0 Å². The summed E-state index contributed by atoms with van der Waals surface area (Å²) in [5.74, 6) is -1.42. The molecule has 0 saturated heterocycles. The molecule has 5 heteroatoms. The molecule has 0 heterocycles. The van der Waals surface area contributed by atoms with Gasteiger partial charge in [-0.15, -0.1) is 0 Å². The summed E-state index contributed by atoms with van der Waals surface area (Å²) in [4.78, 5) is 10.3. The van der Waals surface area contributed by atoms with Crippen molar-refractivity contribution in [1.82, 2.24) is 0 Å². The van der Waals surface area contributed by atoms with Crippen LogP contribution in [0.15, 0.2) is 24.3 Å². The van der Waals surface area contributed by atoms with E-state index in [0.29, 0.717) is 5.75 Å². The summed E-state index contributed by atoms with van der Waals surface area (Å²) >= 11 is 0. The van der Waals surface area contributed by atoms with Crippen LogP contribution in [-0.2, 0) is 4.79 Å². The van der Waals surface area contributed by atoms with Gasteiger partial charge in [0.15, 0.2) is 0 Å². The maximum Gasteiger partial charge on any atom is 0.396 e. The Labute approximate surface area is 91.0 Å². The van der Waals surface area contributed by atoms with Crippen LogP contribution < -0.4 is 4.74 Å². The molecular weight excluding hydrogens is 221 g/mol. The maximum absolute atomic E-state index is 12.6. The quantitative estimate of drug-likeness (QED) is 0.746. The van der Waals surface area contributed by atoms with E-state index in [1.165, 1.54) is 25.3 Å². The number of benzene rings is 1. The van der Waals surface area contributed by atoms with Gasteiger partial charge in [-0.05, 0) is 17.7 Å². The molecule has 88 valence electrons. The molecule has 16 heavy (non-hydrogen) atoms. The van der Waals surface area contributed by atoms with Crippen LogP contribution in [0.1, 0.15) is 17.9 Å². The highest BCUT2D eigenvalue weighted by Crippen LogP contribution is 2.37. The third-order valence-corrected chi connectivity index (χ3v) is 2.22. The van der Waals surface area contributed by atoms with Crippen molar-refractivity contribution >= 4 is 6.29 Å². The van der Waals surface area contributed by atoms with Gasteiger partial charge in [0.1, 0.15) is 12.0 Å². The van der Waals surface area contributed by atoms with E-state index in [1.807, 2.05) is 0 Å². The summed E-state index contributed by atoms with van der Waals surface area (Å²) in [5, 5.41) is 0. The van der Waals surface area contributed by atoms with Crippen LogP contribution in [0.3, 0.4) is 0 Å². The molecule has 1 atom stereocenters. The highest BCUT2D eigenvalue weighted by Gasteiger charge is 2.40. The Bertz CT molecular complexity index is 360. The molecule has 0 aliphatic rings. The second-order valence-corrected chi connectivity index (χ2v) is 3.27. The molecule has 0 aliphatic carbocycles. The van der Waals surface area contributed by atoms with Crippen molar-refractivity contribution in [3.8, 4) is 5.75 Å². The second-order valence-electron chi connectivity index (χ2n) is 3.27. The third kappa shape index (κ3) is 2.98. The minimum atomic E-state index is -4.42. The van der Waals surface area contributed by atoms with Crippen molar-refractivity contribution in [2.75, 3.05) is 7.11 Å². The van der Waals surface area contributed by atoms with E-state index in [-0.39, 0.29) is 11.8 Å². The fourth-order valence-corrected chi connectivity index (χ4v) is 1.41. The van der Waals surface area contributed by atoms with Crippen LogP contribution in [0, 0.1) is 0 Å². The summed E-state index contributed by atoms with van der Waals surface area (Å²) < 4.78 is 42.7. The lowest BCUT2D eigenvalue weighted by atomic mass is 9.95. The van der Waals surface area contributed by atoms with E-state index in [4.69, 9.17) is 4.74 Å². The number of ether oxygens (including phenoxy) is 1. The molecule has 0 spiro atoms. The first-order chi connectivity index (χ1) is 7.49. The number of aldehydes is 1. The van der Waals surface area contributed by atoms with Crippen molar-refractivity contribution in [3.05, 3.63) is 29.8 Å². The topological polar surface area (TPSA) is 26.3 Å². The van der Waals surface area contributed by atoms with Gasteiger partial charge in [0.25, 0.3) is 0 Å². The van der Waals surface area contributed by atoms with Crippen molar-refractivity contribution in [1.29, 1.82) is 0 Å². The van der Waals surface area contributed by atoms with Crippen LogP contribution in [-0.4, -0.2) is 19.6 Å². The number of hydrogen-bond acceptors (Lipinski definition) is 2. The molecule has 0 bridgehead atoms. The minimum Gasteiger partial charge on any atom is -0.497 e. The average Bonchev–Trinajstić information content (AvgIpc) is 2.24. The Morgan fingerprint density at radius 1 is 1.44 bits per heavy atom. The monoisotopic (exact) mass is 232 g/mol. The van der Waals surface area contributed by atoms with Crippen LogP contribution in [0.2, 0.25) is 0 Å². The Morgan fingerprint density at radius 3 is 2.62 bits per heavy atom. The molecule has 1 aromatic carbocycles. The summed E-state index contributed by atoms with van der Waals surface area (Å²) in [5.41, 5.74) is 0.0407. The highest BCUT2D eigenvalue weighted by molar-refractivity contribution is 5.52. The summed E-state index contributed by atoms with van der Waals surface area (Å²) in [6.45, 7) is 0. The predicted octanol–water partition coefficient (Wildman–Crippen LogP) is 2.93. The first-order valence-corrected chi connectivity index (χ1v) is 4.63. The standard InChI is InChI=1S/C11H11F3O2/c1-16-9-4-2-3-8(7-9)10(5-6-15)11(12,13)14/h2-4,6-7,10H,5H2,1H3. The number of rotatable bonds is 4. The average molecular weight is 232 g/mol. The lowest BCUT2D eigenvalue weighted by Gasteiger charge is -2.18. The van der Waals surface area contributed by atoms with Gasteiger partial charge in [0, 0.05) is 6.42 Å². The normalized spacial score (nSPS) is 13.2. The van der Waals surface area contributed by atoms with Crippen molar-refractivity contribution in [2.45, 2.75) is 18.5 Å². The van der Waals surface area contributed by atoms with Crippen molar-refractivity contribution in [3.63, 3.8) is 0 Å². The fraction of sp³-hybridized carbons (Fsp3) is 0.364. The smallest absolute Gasteiger partial charge is 0.396 e. The molecule has 0 radical (unpaired) electrons. The van der Waals surface area contributed by atoms with Gasteiger partial charge >= 0.3 is 6.18 Å². The maximum atomic E-state index is 12.6. The van der Waals surface area contributed by atoms with Crippen LogP contribution in [0.5, 0.6) is 5.75 Å². The molecule has 0 amide bonds. The van der Waals surface area contributed by atoms with Crippen molar-refractivity contribution < 1.29 is 22.7 Å². The Kier molecular flexibility index (Phi) is 3.93. The highest BCUT2D eigenvalue weighted by atomic mass is 19.4. The summed E-state index contributed by atoms with van der Waals surface area (Å²) in [7, 11) is 1.38. The van der Waals surface area contributed by atoms with Gasteiger partial charge in [0.2, 0.25) is 0 Å². The largest absolute Gasteiger partial charge is 0.497 e. The molecule has 0 N–H and O–H groups in total. The second kappa shape index (κ2) is 5.01. The lowest BCUT2D eigenvalue weighted by molar-refractivity contribution is -0.154. The van der Waals surface area contributed by atoms with Gasteiger partial charge in [0.05, 0.1) is 13.0 Å². The SMILES string of the molecule is COc1cccc(C(CC=O)C(F)(F)F)c1. The molecule has 0 fully saturated rings. The van der Waals surface area contributed by atoms with Crippen LogP contribution in [0.25, 0.3) is 0 Å². The van der Waals surface area contributed by atoms with E-state index in [9.17, 15) is 18.0 Å². The summed E-state index contributed by atoms with van der Waals surface area (Å²) in [6.07, 6.45) is -4.72. The first kappa shape index (κ1) is 12.5. The lowest BCUT2D eigenvalue weighted by Crippen LogP contribution is -2.21. The number of carbonyl (C=O) groups is 1. The molecule has 2 nitrogen and oxygen atoms in total. The number of halogens is 3. The zero-order valence-corrected chi connectivity index (χ0v) is 8.62. The van der Waals surface area contributed by atoms with E-state index in [1.54, 1.807) is 6.07 Å². The van der Waals surface area contributed by atoms with Crippen molar-refractivity contribution in [2.24, 2.45) is 0 Å². The molecule has 1 aromatic rings. The van der Waals surface area contributed by atoms with E-state index < -0.39 is 18.5 Å². The van der Waals surface area contributed by atoms with Crippen LogP contribution in [0.4, 0.5) is 13.2 Å². The van der Waals surface area contributed by atoms with Gasteiger partial charge in [-0.1, -0.05) is 12.1 Å². The van der Waals surface area contributed by atoms with E-state index in [0.717, 1.165) is 0 Å². The number of alkyl halides is 3. The Balaban J connectivity index is 3.05. The van der Waals surface area contributed by atoms with E-state index in [2.05, 4.69) is 0 Å². The van der Waals surface area contributed by atoms with Gasteiger partial charge in [-0.2, -0.15) is 13.2 Å². The molecule has 1 rings (SSSR count). The molecule has 0 aliphatic heterocycles. The fourth-order valence-electron chi connectivity index (χ4n) is 1.41. The van der Waals surface area contributed by atoms with Crippen LogP contribution >= 0.6 is 0 Å². The zero-order chi connectivity index (χ0) is 12.2. The number of methoxy groups -OCH3 is 1. The Morgan fingerprint density at radius 2 is 2.12 bits per heavy atom. The predicted molar refractivity (Wildman–Crippen MR) is 52.5 cm³/mol. The number of hydrogen-bond donors (Lipinski definition) is 0. The molecular formula is C11H11F3O2.